The minimum atomic E-state index is 0.764. The van der Waals surface area contributed by atoms with Gasteiger partial charge in [-0.15, -0.1) is 0 Å². The SMILES string of the molecule is Cc1cccc(OCCCCn2c(CCCN3CCCCCC3)nc3ccccc32)c1. The van der Waals surface area contributed by atoms with Crippen molar-refractivity contribution in [3.05, 3.63) is 59.9 Å². The van der Waals surface area contributed by atoms with Gasteiger partial charge in [-0.1, -0.05) is 37.1 Å². The number of fused-ring (bicyclic) bond motifs is 1. The van der Waals surface area contributed by atoms with Crippen molar-refractivity contribution >= 4 is 11.0 Å². The van der Waals surface area contributed by atoms with Gasteiger partial charge in [0, 0.05) is 13.0 Å². The Balaban J connectivity index is 1.30. The van der Waals surface area contributed by atoms with Gasteiger partial charge in [0.2, 0.25) is 0 Å². The second kappa shape index (κ2) is 11.3. The lowest BCUT2D eigenvalue weighted by Crippen LogP contribution is -2.26. The number of imidazole rings is 1. The lowest BCUT2D eigenvalue weighted by atomic mass is 10.2. The number of para-hydroxylation sites is 2. The summed E-state index contributed by atoms with van der Waals surface area (Å²) >= 11 is 0. The van der Waals surface area contributed by atoms with Crippen molar-refractivity contribution in [1.82, 2.24) is 14.5 Å². The maximum absolute atomic E-state index is 5.94. The van der Waals surface area contributed by atoms with E-state index in [9.17, 15) is 0 Å². The van der Waals surface area contributed by atoms with E-state index < -0.39 is 0 Å². The molecule has 1 fully saturated rings. The highest BCUT2D eigenvalue weighted by Gasteiger charge is 2.12. The quantitative estimate of drug-likeness (QED) is 0.377. The third-order valence-corrected chi connectivity index (χ3v) is 6.34. The van der Waals surface area contributed by atoms with Gasteiger partial charge in [0.15, 0.2) is 0 Å². The molecule has 0 N–H and O–H groups in total. The molecule has 2 aromatic carbocycles. The van der Waals surface area contributed by atoms with Crippen molar-refractivity contribution in [3.8, 4) is 5.75 Å². The monoisotopic (exact) mass is 419 g/mol. The molecule has 4 heteroatoms. The Labute approximate surface area is 187 Å². The molecule has 166 valence electrons. The first-order chi connectivity index (χ1) is 15.3. The molecule has 0 aliphatic carbocycles. The Kier molecular flexibility index (Phi) is 8.00. The van der Waals surface area contributed by atoms with Crippen LogP contribution in [-0.2, 0) is 13.0 Å². The molecule has 0 unspecified atom stereocenters. The Morgan fingerprint density at radius 3 is 2.55 bits per heavy atom. The molecular formula is C27H37N3O. The van der Waals surface area contributed by atoms with Crippen LogP contribution in [0.3, 0.4) is 0 Å². The van der Waals surface area contributed by atoms with E-state index in [1.54, 1.807) is 0 Å². The van der Waals surface area contributed by atoms with E-state index in [0.717, 1.165) is 43.7 Å². The molecule has 0 amide bonds. The fraction of sp³-hybridized carbons (Fsp3) is 0.519. The van der Waals surface area contributed by atoms with Crippen LogP contribution >= 0.6 is 0 Å². The summed E-state index contributed by atoms with van der Waals surface area (Å²) in [5, 5.41) is 0. The van der Waals surface area contributed by atoms with Crippen molar-refractivity contribution < 1.29 is 4.74 Å². The number of benzene rings is 2. The van der Waals surface area contributed by atoms with Gasteiger partial charge in [0.1, 0.15) is 11.6 Å². The summed E-state index contributed by atoms with van der Waals surface area (Å²) in [5.74, 6) is 2.22. The average molecular weight is 420 g/mol. The number of rotatable bonds is 10. The first-order valence-corrected chi connectivity index (χ1v) is 12.2. The summed E-state index contributed by atoms with van der Waals surface area (Å²) in [5.41, 5.74) is 3.64. The molecule has 4 nitrogen and oxygen atoms in total. The summed E-state index contributed by atoms with van der Waals surface area (Å²) in [6.07, 6.45) is 9.94. The minimum Gasteiger partial charge on any atom is -0.494 e. The number of aryl methyl sites for hydroxylation is 3. The van der Waals surface area contributed by atoms with Gasteiger partial charge < -0.3 is 14.2 Å². The Morgan fingerprint density at radius 1 is 0.871 bits per heavy atom. The van der Waals surface area contributed by atoms with E-state index in [4.69, 9.17) is 9.72 Å². The fourth-order valence-corrected chi connectivity index (χ4v) is 4.65. The minimum absolute atomic E-state index is 0.764. The number of hydrogen-bond acceptors (Lipinski definition) is 3. The summed E-state index contributed by atoms with van der Waals surface area (Å²) < 4.78 is 8.38. The zero-order valence-electron chi connectivity index (χ0n) is 19.1. The molecule has 0 atom stereocenters. The molecule has 2 heterocycles. The highest BCUT2D eigenvalue weighted by atomic mass is 16.5. The largest absolute Gasteiger partial charge is 0.494 e. The molecule has 0 bridgehead atoms. The van der Waals surface area contributed by atoms with Crippen molar-refractivity contribution in [2.24, 2.45) is 0 Å². The fourth-order valence-electron chi connectivity index (χ4n) is 4.65. The van der Waals surface area contributed by atoms with Crippen molar-refractivity contribution in [2.45, 2.75) is 64.8 Å². The highest BCUT2D eigenvalue weighted by Crippen LogP contribution is 2.19. The summed E-state index contributed by atoms with van der Waals surface area (Å²) in [6, 6.07) is 16.9. The number of unbranched alkanes of at least 4 members (excludes halogenated alkanes) is 1. The van der Waals surface area contributed by atoms with Gasteiger partial charge in [-0.3, -0.25) is 0 Å². The van der Waals surface area contributed by atoms with E-state index >= 15 is 0 Å². The molecule has 1 aromatic heterocycles. The Morgan fingerprint density at radius 2 is 1.71 bits per heavy atom. The zero-order chi connectivity index (χ0) is 21.3. The number of nitrogens with zero attached hydrogens (tertiary/aromatic N) is 3. The second-order valence-electron chi connectivity index (χ2n) is 8.90. The lowest BCUT2D eigenvalue weighted by Gasteiger charge is -2.19. The molecule has 4 rings (SSSR count). The molecule has 1 aliphatic heterocycles. The van der Waals surface area contributed by atoms with Crippen LogP contribution < -0.4 is 4.74 Å². The van der Waals surface area contributed by atoms with Crippen LogP contribution in [0.2, 0.25) is 0 Å². The van der Waals surface area contributed by atoms with Gasteiger partial charge >= 0.3 is 0 Å². The number of hydrogen-bond donors (Lipinski definition) is 0. The molecule has 0 saturated carbocycles. The van der Waals surface area contributed by atoms with E-state index in [1.807, 2.05) is 6.07 Å². The zero-order valence-corrected chi connectivity index (χ0v) is 19.1. The lowest BCUT2D eigenvalue weighted by molar-refractivity contribution is 0.280. The molecule has 31 heavy (non-hydrogen) atoms. The molecular weight excluding hydrogens is 382 g/mol. The van der Waals surface area contributed by atoms with Gasteiger partial charge in [-0.25, -0.2) is 4.98 Å². The smallest absolute Gasteiger partial charge is 0.119 e. The van der Waals surface area contributed by atoms with E-state index in [0.29, 0.717) is 0 Å². The number of ether oxygens (including phenoxy) is 1. The average Bonchev–Trinajstić information content (AvgIpc) is 2.93. The highest BCUT2D eigenvalue weighted by molar-refractivity contribution is 5.75. The van der Waals surface area contributed by atoms with Gasteiger partial charge in [0.05, 0.1) is 17.6 Å². The third-order valence-electron chi connectivity index (χ3n) is 6.34. The van der Waals surface area contributed by atoms with Gasteiger partial charge in [-0.2, -0.15) is 0 Å². The summed E-state index contributed by atoms with van der Waals surface area (Å²) in [4.78, 5) is 7.64. The van der Waals surface area contributed by atoms with E-state index in [1.165, 1.54) is 68.6 Å². The summed E-state index contributed by atoms with van der Waals surface area (Å²) in [7, 11) is 0. The van der Waals surface area contributed by atoms with Crippen molar-refractivity contribution in [2.75, 3.05) is 26.2 Å². The molecule has 0 spiro atoms. The predicted octanol–water partition coefficient (Wildman–Crippen LogP) is 6.01. The van der Waals surface area contributed by atoms with Crippen molar-refractivity contribution in [3.63, 3.8) is 0 Å². The van der Waals surface area contributed by atoms with Gasteiger partial charge in [0.25, 0.3) is 0 Å². The maximum atomic E-state index is 5.94. The predicted molar refractivity (Wildman–Crippen MR) is 129 cm³/mol. The topological polar surface area (TPSA) is 30.3 Å². The first kappa shape index (κ1) is 21.9. The van der Waals surface area contributed by atoms with Crippen LogP contribution in [0.1, 0.15) is 56.3 Å². The van der Waals surface area contributed by atoms with Crippen LogP contribution in [0.5, 0.6) is 5.75 Å². The van der Waals surface area contributed by atoms with Crippen LogP contribution in [0.4, 0.5) is 0 Å². The standard InChI is InChI=1S/C27H37N3O/c1-23-12-10-13-24(22-23)31-21-9-8-20-30-26-15-5-4-14-25(26)28-27(30)16-11-19-29-17-6-2-3-7-18-29/h4-5,10,12-15,22H,2-3,6-9,11,16-21H2,1H3. The molecule has 1 saturated heterocycles. The number of likely N-dealkylation sites (tertiary alicyclic amines) is 1. The summed E-state index contributed by atoms with van der Waals surface area (Å²) in [6.45, 7) is 7.63. The first-order valence-electron chi connectivity index (χ1n) is 12.2. The maximum Gasteiger partial charge on any atom is 0.119 e. The molecule has 3 aromatic rings. The van der Waals surface area contributed by atoms with Crippen LogP contribution in [0, 0.1) is 6.92 Å². The van der Waals surface area contributed by atoms with Crippen LogP contribution in [0.25, 0.3) is 11.0 Å². The number of aromatic nitrogens is 2. The molecule has 1 aliphatic rings. The Hall–Kier alpha value is -2.33. The third kappa shape index (κ3) is 6.33. The van der Waals surface area contributed by atoms with E-state index in [2.05, 4.69) is 58.9 Å². The Bertz CT molecular complexity index is 941. The normalized spacial score (nSPS) is 15.3. The van der Waals surface area contributed by atoms with E-state index in [-0.39, 0.29) is 0 Å². The second-order valence-corrected chi connectivity index (χ2v) is 8.90. The molecule has 0 radical (unpaired) electrons. The van der Waals surface area contributed by atoms with Gasteiger partial charge in [-0.05, 0) is 88.5 Å². The van der Waals surface area contributed by atoms with Crippen LogP contribution in [-0.4, -0.2) is 40.7 Å². The van der Waals surface area contributed by atoms with Crippen molar-refractivity contribution in [1.29, 1.82) is 0 Å². The van der Waals surface area contributed by atoms with Crippen LogP contribution in [0.15, 0.2) is 48.5 Å².